The fraction of sp³-hybridized carbons (Fsp3) is 0.0714. The van der Waals surface area contributed by atoms with E-state index in [1.165, 1.54) is 12.3 Å². The van der Waals surface area contributed by atoms with Crippen molar-refractivity contribution in [2.45, 2.75) is 6.42 Å². The number of nitrogens with one attached hydrogen (secondary N) is 1. The Balaban J connectivity index is 2.08. The number of hydrogen-bond donors (Lipinski definition) is 2. The van der Waals surface area contributed by atoms with Crippen molar-refractivity contribution >= 4 is 17.5 Å². The summed E-state index contributed by atoms with van der Waals surface area (Å²) in [5, 5.41) is 20.4. The van der Waals surface area contributed by atoms with Gasteiger partial charge in [-0.25, -0.2) is 9.78 Å². The molecule has 0 saturated carbocycles. The van der Waals surface area contributed by atoms with Gasteiger partial charge in [-0.3, -0.25) is 0 Å². The molecule has 0 amide bonds. The zero-order valence-electron chi connectivity index (χ0n) is 10.00. The molecule has 1 aromatic carbocycles. The van der Waals surface area contributed by atoms with E-state index < -0.39 is 5.97 Å². The lowest BCUT2D eigenvalue weighted by Crippen LogP contribution is -1.99. The largest absolute Gasteiger partial charge is 0.478 e. The van der Waals surface area contributed by atoms with Crippen molar-refractivity contribution in [2.24, 2.45) is 0 Å². The number of anilines is 2. The van der Waals surface area contributed by atoms with E-state index in [0.29, 0.717) is 12.2 Å². The van der Waals surface area contributed by atoms with Gasteiger partial charge in [0.25, 0.3) is 0 Å². The van der Waals surface area contributed by atoms with Gasteiger partial charge in [0, 0.05) is 11.9 Å². The minimum atomic E-state index is -1.00. The summed E-state index contributed by atoms with van der Waals surface area (Å²) in [6.07, 6.45) is 1.68. The maximum atomic E-state index is 10.7. The molecule has 5 heteroatoms. The van der Waals surface area contributed by atoms with Gasteiger partial charge in [-0.15, -0.1) is 0 Å². The number of hydrogen-bond acceptors (Lipinski definition) is 4. The molecule has 19 heavy (non-hydrogen) atoms. The van der Waals surface area contributed by atoms with E-state index in [4.69, 9.17) is 10.4 Å². The molecule has 2 rings (SSSR count). The first-order chi connectivity index (χ1) is 9.19. The van der Waals surface area contributed by atoms with Gasteiger partial charge in [0.15, 0.2) is 0 Å². The summed E-state index contributed by atoms with van der Waals surface area (Å²) in [5.74, 6) is -0.432. The van der Waals surface area contributed by atoms with Crippen LogP contribution in [-0.4, -0.2) is 16.1 Å². The number of rotatable bonds is 4. The fourth-order valence-corrected chi connectivity index (χ4v) is 1.54. The van der Waals surface area contributed by atoms with Crippen LogP contribution in [0, 0.1) is 11.3 Å². The number of carboxylic acid groups (broad SMARTS) is 1. The van der Waals surface area contributed by atoms with Crippen molar-refractivity contribution in [1.29, 1.82) is 5.26 Å². The number of carboxylic acids is 1. The topological polar surface area (TPSA) is 86.0 Å². The minimum absolute atomic E-state index is 0.148. The molecule has 5 nitrogen and oxygen atoms in total. The van der Waals surface area contributed by atoms with E-state index in [1.807, 2.05) is 24.3 Å². The first-order valence-corrected chi connectivity index (χ1v) is 5.61. The number of benzene rings is 1. The highest BCUT2D eigenvalue weighted by atomic mass is 16.4. The number of aromatic carboxylic acids is 1. The molecule has 0 aliphatic rings. The summed E-state index contributed by atoms with van der Waals surface area (Å²) in [4.78, 5) is 14.7. The summed E-state index contributed by atoms with van der Waals surface area (Å²) in [7, 11) is 0. The first kappa shape index (κ1) is 12.6. The van der Waals surface area contributed by atoms with Gasteiger partial charge in [0.2, 0.25) is 0 Å². The number of carbonyl (C=O) groups is 1. The van der Waals surface area contributed by atoms with Crippen molar-refractivity contribution in [3.05, 3.63) is 53.7 Å². The SMILES string of the molecule is N#CCc1ccc(Nc2ccc(C(=O)O)cn2)cc1. The van der Waals surface area contributed by atoms with Crippen molar-refractivity contribution < 1.29 is 9.90 Å². The van der Waals surface area contributed by atoms with E-state index in [-0.39, 0.29) is 5.56 Å². The molecule has 1 heterocycles. The lowest BCUT2D eigenvalue weighted by molar-refractivity contribution is 0.0696. The van der Waals surface area contributed by atoms with Crippen LogP contribution in [0.3, 0.4) is 0 Å². The molecule has 0 saturated heterocycles. The number of nitrogens with zero attached hydrogens (tertiary/aromatic N) is 2. The van der Waals surface area contributed by atoms with Crippen molar-refractivity contribution in [3.8, 4) is 6.07 Å². The maximum Gasteiger partial charge on any atom is 0.337 e. The minimum Gasteiger partial charge on any atom is -0.478 e. The van der Waals surface area contributed by atoms with Crippen LogP contribution in [0.2, 0.25) is 0 Å². The molecule has 0 aliphatic heterocycles. The number of nitriles is 1. The summed E-state index contributed by atoms with van der Waals surface area (Å²) in [6, 6.07) is 12.6. The monoisotopic (exact) mass is 253 g/mol. The summed E-state index contributed by atoms with van der Waals surface area (Å²) in [6.45, 7) is 0. The third-order valence-electron chi connectivity index (χ3n) is 2.52. The highest BCUT2D eigenvalue weighted by Gasteiger charge is 2.03. The Kier molecular flexibility index (Phi) is 3.74. The van der Waals surface area contributed by atoms with Crippen LogP contribution in [0.5, 0.6) is 0 Å². The highest BCUT2D eigenvalue weighted by Crippen LogP contribution is 2.15. The fourth-order valence-electron chi connectivity index (χ4n) is 1.54. The summed E-state index contributed by atoms with van der Waals surface area (Å²) < 4.78 is 0. The van der Waals surface area contributed by atoms with Crippen LogP contribution < -0.4 is 5.32 Å². The zero-order chi connectivity index (χ0) is 13.7. The standard InChI is InChI=1S/C14H11N3O2/c15-8-7-10-1-4-12(5-2-10)17-13-6-3-11(9-16-13)14(18)19/h1-6,9H,7H2,(H,16,17)(H,18,19). The van der Waals surface area contributed by atoms with Crippen LogP contribution in [-0.2, 0) is 6.42 Å². The van der Waals surface area contributed by atoms with Gasteiger partial charge >= 0.3 is 5.97 Å². The predicted octanol–water partition coefficient (Wildman–Crippen LogP) is 2.59. The first-order valence-electron chi connectivity index (χ1n) is 5.61. The average molecular weight is 253 g/mol. The lowest BCUT2D eigenvalue weighted by Gasteiger charge is -2.06. The van der Waals surface area contributed by atoms with E-state index >= 15 is 0 Å². The molecule has 0 unspecified atom stereocenters. The van der Waals surface area contributed by atoms with Gasteiger partial charge in [0.05, 0.1) is 18.1 Å². The van der Waals surface area contributed by atoms with Crippen LogP contribution >= 0.6 is 0 Å². The van der Waals surface area contributed by atoms with E-state index in [1.54, 1.807) is 6.07 Å². The molecule has 0 radical (unpaired) electrons. The van der Waals surface area contributed by atoms with Gasteiger partial charge < -0.3 is 10.4 Å². The smallest absolute Gasteiger partial charge is 0.337 e. The Hall–Kier alpha value is -2.87. The van der Waals surface area contributed by atoms with E-state index in [2.05, 4.69) is 16.4 Å². The molecule has 0 spiro atoms. The third kappa shape index (κ3) is 3.30. The van der Waals surface area contributed by atoms with Crippen LogP contribution in [0.15, 0.2) is 42.6 Å². The second kappa shape index (κ2) is 5.65. The predicted molar refractivity (Wildman–Crippen MR) is 70.2 cm³/mol. The lowest BCUT2D eigenvalue weighted by atomic mass is 10.1. The normalized spacial score (nSPS) is 9.63. The Morgan fingerprint density at radius 2 is 2.00 bits per heavy atom. The number of aromatic nitrogens is 1. The van der Waals surface area contributed by atoms with Crippen LogP contribution in [0.25, 0.3) is 0 Å². The van der Waals surface area contributed by atoms with Crippen molar-refractivity contribution in [2.75, 3.05) is 5.32 Å². The Bertz CT molecular complexity index is 613. The second-order valence-corrected chi connectivity index (χ2v) is 3.89. The Morgan fingerprint density at radius 3 is 2.53 bits per heavy atom. The Morgan fingerprint density at radius 1 is 1.26 bits per heavy atom. The number of pyridine rings is 1. The molecule has 94 valence electrons. The van der Waals surface area contributed by atoms with Gasteiger partial charge in [-0.2, -0.15) is 5.26 Å². The molecular weight excluding hydrogens is 242 g/mol. The molecule has 0 aliphatic carbocycles. The van der Waals surface area contributed by atoms with Crippen molar-refractivity contribution in [1.82, 2.24) is 4.98 Å². The molecule has 0 fully saturated rings. The molecule has 0 bridgehead atoms. The highest BCUT2D eigenvalue weighted by molar-refractivity contribution is 5.87. The van der Waals surface area contributed by atoms with Gasteiger partial charge in [0.1, 0.15) is 5.82 Å². The third-order valence-corrected chi connectivity index (χ3v) is 2.52. The molecule has 1 aromatic heterocycles. The maximum absolute atomic E-state index is 10.7. The summed E-state index contributed by atoms with van der Waals surface area (Å²) in [5.41, 5.74) is 1.93. The quantitative estimate of drug-likeness (QED) is 0.874. The molecule has 2 aromatic rings. The van der Waals surface area contributed by atoms with E-state index in [0.717, 1.165) is 11.3 Å². The molecule has 0 atom stereocenters. The van der Waals surface area contributed by atoms with Crippen molar-refractivity contribution in [3.63, 3.8) is 0 Å². The van der Waals surface area contributed by atoms with E-state index in [9.17, 15) is 4.79 Å². The van der Waals surface area contributed by atoms with Crippen LogP contribution in [0.1, 0.15) is 15.9 Å². The average Bonchev–Trinajstić information content (AvgIpc) is 2.42. The summed E-state index contributed by atoms with van der Waals surface area (Å²) >= 11 is 0. The van der Waals surface area contributed by atoms with Crippen LogP contribution in [0.4, 0.5) is 11.5 Å². The second-order valence-electron chi connectivity index (χ2n) is 3.89. The molecular formula is C14H11N3O2. The van der Waals surface area contributed by atoms with Gasteiger partial charge in [-0.1, -0.05) is 12.1 Å². The molecule has 2 N–H and O–H groups in total. The Labute approximate surface area is 110 Å². The van der Waals surface area contributed by atoms with Gasteiger partial charge in [-0.05, 0) is 29.8 Å². The zero-order valence-corrected chi connectivity index (χ0v) is 10.00.